The van der Waals surface area contributed by atoms with E-state index < -0.39 is 0 Å². The first-order valence-corrected chi connectivity index (χ1v) is 9.55. The van der Waals surface area contributed by atoms with Crippen molar-refractivity contribution < 1.29 is 0 Å². The van der Waals surface area contributed by atoms with Gasteiger partial charge in [-0.3, -0.25) is 0 Å². The second-order valence-corrected chi connectivity index (χ2v) is 9.26. The Morgan fingerprint density at radius 3 is 1.96 bits per heavy atom. The van der Waals surface area contributed by atoms with Crippen LogP contribution in [-0.4, -0.2) is 0 Å². The molecule has 1 aliphatic carbocycles. The van der Waals surface area contributed by atoms with E-state index in [-0.39, 0.29) is 10.8 Å². The molecule has 0 nitrogen and oxygen atoms in total. The van der Waals surface area contributed by atoms with Crippen molar-refractivity contribution in [3.8, 4) is 22.3 Å². The van der Waals surface area contributed by atoms with E-state index in [1.807, 2.05) is 0 Å². The average molecular weight is 341 g/mol. The second-order valence-electron chi connectivity index (χ2n) is 9.26. The summed E-state index contributed by atoms with van der Waals surface area (Å²) >= 11 is 0. The third-order valence-corrected chi connectivity index (χ3v) is 5.93. The number of benzene rings is 3. The van der Waals surface area contributed by atoms with Crippen molar-refractivity contribution in [1.29, 1.82) is 0 Å². The van der Waals surface area contributed by atoms with Crippen LogP contribution in [0.25, 0.3) is 22.3 Å². The standard InChI is InChI=1S/C26H28/c1-17-7-9-18(10-8-17)19-11-14-23-22(15-19)21-13-12-20(25(2,3)4)16-24(21)26(23,5)6/h7-16H,1-6H3. The minimum absolute atomic E-state index is 0.0533. The van der Waals surface area contributed by atoms with E-state index in [4.69, 9.17) is 0 Å². The number of rotatable bonds is 1. The van der Waals surface area contributed by atoms with Crippen LogP contribution < -0.4 is 0 Å². The zero-order valence-electron chi connectivity index (χ0n) is 16.8. The summed E-state index contributed by atoms with van der Waals surface area (Å²) in [6.07, 6.45) is 0. The highest BCUT2D eigenvalue weighted by Crippen LogP contribution is 2.50. The van der Waals surface area contributed by atoms with E-state index in [1.54, 1.807) is 0 Å². The molecule has 0 amide bonds. The molecule has 0 fully saturated rings. The van der Waals surface area contributed by atoms with Gasteiger partial charge in [0.05, 0.1) is 0 Å². The van der Waals surface area contributed by atoms with E-state index in [0.29, 0.717) is 0 Å². The van der Waals surface area contributed by atoms with E-state index in [2.05, 4.69) is 102 Å². The highest BCUT2D eigenvalue weighted by molar-refractivity contribution is 5.84. The summed E-state index contributed by atoms with van der Waals surface area (Å²) in [5.74, 6) is 0. The maximum atomic E-state index is 2.43. The van der Waals surface area contributed by atoms with Crippen molar-refractivity contribution in [2.24, 2.45) is 0 Å². The molecule has 0 bridgehead atoms. The molecule has 0 N–H and O–H groups in total. The van der Waals surface area contributed by atoms with Gasteiger partial charge in [0.15, 0.2) is 0 Å². The summed E-state index contributed by atoms with van der Waals surface area (Å²) in [5, 5.41) is 0. The third kappa shape index (κ3) is 2.60. The van der Waals surface area contributed by atoms with Crippen LogP contribution in [0, 0.1) is 6.92 Å². The fourth-order valence-electron chi connectivity index (χ4n) is 4.15. The van der Waals surface area contributed by atoms with Crippen LogP contribution in [0.5, 0.6) is 0 Å². The summed E-state index contributed by atoms with van der Waals surface area (Å²) in [4.78, 5) is 0. The topological polar surface area (TPSA) is 0 Å². The zero-order chi connectivity index (χ0) is 18.7. The van der Waals surface area contributed by atoms with Crippen molar-refractivity contribution >= 4 is 0 Å². The molecule has 0 atom stereocenters. The third-order valence-electron chi connectivity index (χ3n) is 5.93. The second kappa shape index (κ2) is 5.58. The van der Waals surface area contributed by atoms with Crippen LogP contribution in [0.15, 0.2) is 60.7 Å². The van der Waals surface area contributed by atoms with Crippen molar-refractivity contribution in [3.05, 3.63) is 82.9 Å². The van der Waals surface area contributed by atoms with Crippen LogP contribution in [0.1, 0.15) is 56.9 Å². The number of hydrogen-bond donors (Lipinski definition) is 0. The molecule has 1 aliphatic rings. The Morgan fingerprint density at radius 2 is 1.31 bits per heavy atom. The lowest BCUT2D eigenvalue weighted by molar-refractivity contribution is 0.584. The summed E-state index contributed by atoms with van der Waals surface area (Å²) in [5.41, 5.74) is 11.2. The van der Waals surface area contributed by atoms with Gasteiger partial charge in [-0.25, -0.2) is 0 Å². The molecule has 0 saturated heterocycles. The van der Waals surface area contributed by atoms with Gasteiger partial charge in [-0.15, -0.1) is 0 Å². The Kier molecular flexibility index (Phi) is 3.67. The van der Waals surface area contributed by atoms with Gasteiger partial charge in [0.2, 0.25) is 0 Å². The van der Waals surface area contributed by atoms with Gasteiger partial charge >= 0.3 is 0 Å². The number of fused-ring (bicyclic) bond motifs is 3. The minimum atomic E-state index is 0.0533. The molecule has 0 unspecified atom stereocenters. The molecule has 0 heterocycles. The molecule has 3 aromatic rings. The van der Waals surface area contributed by atoms with E-state index in [9.17, 15) is 0 Å². The fourth-order valence-corrected chi connectivity index (χ4v) is 4.15. The predicted octanol–water partition coefficient (Wildman–Crippen LogP) is 7.27. The summed E-state index contributed by atoms with van der Waals surface area (Å²) in [6.45, 7) is 13.7. The molecule has 3 aromatic carbocycles. The zero-order valence-corrected chi connectivity index (χ0v) is 16.8. The highest BCUT2D eigenvalue weighted by atomic mass is 14.4. The first kappa shape index (κ1) is 17.1. The quantitative estimate of drug-likeness (QED) is 0.437. The van der Waals surface area contributed by atoms with Crippen LogP contribution >= 0.6 is 0 Å². The molecule has 0 spiro atoms. The SMILES string of the molecule is Cc1ccc(-c2ccc3c(c2)-c2ccc(C(C)(C)C)cc2C3(C)C)cc1. The van der Waals surface area contributed by atoms with Gasteiger partial charge in [0.25, 0.3) is 0 Å². The average Bonchev–Trinajstić information content (AvgIpc) is 2.82. The summed E-state index contributed by atoms with van der Waals surface area (Å²) in [7, 11) is 0. The molecular formula is C26H28. The number of aryl methyl sites for hydroxylation is 1. The van der Waals surface area contributed by atoms with E-state index in [0.717, 1.165) is 0 Å². The normalized spacial score (nSPS) is 14.8. The van der Waals surface area contributed by atoms with Crippen molar-refractivity contribution in [3.63, 3.8) is 0 Å². The molecule has 0 aliphatic heterocycles. The van der Waals surface area contributed by atoms with Crippen LogP contribution in [0.3, 0.4) is 0 Å². The Morgan fingerprint density at radius 1 is 0.654 bits per heavy atom. The van der Waals surface area contributed by atoms with Crippen LogP contribution in [0.2, 0.25) is 0 Å². The summed E-state index contributed by atoms with van der Waals surface area (Å²) in [6, 6.07) is 22.9. The predicted molar refractivity (Wildman–Crippen MR) is 113 cm³/mol. The Labute approximate surface area is 157 Å². The molecule has 0 radical (unpaired) electrons. The first-order valence-electron chi connectivity index (χ1n) is 9.55. The molecule has 4 rings (SSSR count). The van der Waals surface area contributed by atoms with Gasteiger partial charge in [-0.05, 0) is 57.3 Å². The lowest BCUT2D eigenvalue weighted by Gasteiger charge is -2.25. The molecule has 26 heavy (non-hydrogen) atoms. The van der Waals surface area contributed by atoms with Crippen molar-refractivity contribution in [2.45, 2.75) is 52.4 Å². The Hall–Kier alpha value is -2.34. The lowest BCUT2D eigenvalue weighted by atomic mass is 9.79. The largest absolute Gasteiger partial charge is 0.0587 e. The molecule has 0 saturated carbocycles. The molecule has 0 heteroatoms. The maximum absolute atomic E-state index is 2.43. The fraction of sp³-hybridized carbons (Fsp3) is 0.308. The first-order chi connectivity index (χ1) is 12.2. The van der Waals surface area contributed by atoms with Crippen LogP contribution in [-0.2, 0) is 10.8 Å². The van der Waals surface area contributed by atoms with Crippen molar-refractivity contribution in [1.82, 2.24) is 0 Å². The molecule has 0 aromatic heterocycles. The van der Waals surface area contributed by atoms with Gasteiger partial charge in [-0.1, -0.05) is 94.8 Å². The number of hydrogen-bond acceptors (Lipinski definition) is 0. The lowest BCUT2D eigenvalue weighted by Crippen LogP contribution is -2.17. The van der Waals surface area contributed by atoms with Crippen LogP contribution in [0.4, 0.5) is 0 Å². The van der Waals surface area contributed by atoms with E-state index in [1.165, 1.54) is 44.5 Å². The molecular weight excluding hydrogens is 312 g/mol. The van der Waals surface area contributed by atoms with Crippen molar-refractivity contribution in [2.75, 3.05) is 0 Å². The smallest absolute Gasteiger partial charge is 0.0158 e. The van der Waals surface area contributed by atoms with Gasteiger partial charge in [0, 0.05) is 5.41 Å². The molecule has 132 valence electrons. The highest BCUT2D eigenvalue weighted by Gasteiger charge is 2.36. The van der Waals surface area contributed by atoms with Gasteiger partial charge in [0.1, 0.15) is 0 Å². The summed E-state index contributed by atoms with van der Waals surface area (Å²) < 4.78 is 0. The monoisotopic (exact) mass is 340 g/mol. The Bertz CT molecular complexity index is 980. The minimum Gasteiger partial charge on any atom is -0.0587 e. The van der Waals surface area contributed by atoms with Gasteiger partial charge < -0.3 is 0 Å². The van der Waals surface area contributed by atoms with Gasteiger partial charge in [-0.2, -0.15) is 0 Å². The Balaban J connectivity index is 1.88. The maximum Gasteiger partial charge on any atom is 0.0158 e. The van der Waals surface area contributed by atoms with E-state index >= 15 is 0 Å².